The summed E-state index contributed by atoms with van der Waals surface area (Å²) in [6, 6.07) is 12.5. The van der Waals surface area contributed by atoms with E-state index in [1.54, 1.807) is 4.90 Å². The number of rotatable bonds is 8. The smallest absolute Gasteiger partial charge is 0.270 e. The maximum atomic E-state index is 12.8. The highest BCUT2D eigenvalue weighted by Gasteiger charge is 2.30. The summed E-state index contributed by atoms with van der Waals surface area (Å²) in [5, 5.41) is 10.9. The summed E-state index contributed by atoms with van der Waals surface area (Å²) in [6.45, 7) is 3.34. The number of carbonyl (C=O) groups excluding carboxylic acids is 1. The number of nitro groups is 1. The van der Waals surface area contributed by atoms with Gasteiger partial charge in [0.05, 0.1) is 22.2 Å². The Morgan fingerprint density at radius 1 is 1.13 bits per heavy atom. The number of nitro benzene ring substituents is 1. The van der Waals surface area contributed by atoms with Crippen molar-refractivity contribution >= 4 is 33.4 Å². The van der Waals surface area contributed by atoms with Gasteiger partial charge in [-0.05, 0) is 37.3 Å². The molecule has 0 unspecified atom stereocenters. The van der Waals surface area contributed by atoms with Crippen molar-refractivity contribution in [2.75, 3.05) is 38.5 Å². The highest BCUT2D eigenvalue weighted by molar-refractivity contribution is 8.00. The number of hydrogen-bond donors (Lipinski definition) is 0. The third kappa shape index (κ3) is 5.75. The number of ether oxygens (including phenoxy) is 1. The van der Waals surface area contributed by atoms with Gasteiger partial charge in [0.1, 0.15) is 5.75 Å². The number of benzene rings is 2. The van der Waals surface area contributed by atoms with E-state index in [0.717, 1.165) is 16.7 Å². The van der Waals surface area contributed by atoms with Crippen LogP contribution in [0.15, 0.2) is 58.3 Å². The van der Waals surface area contributed by atoms with Crippen LogP contribution in [0.4, 0.5) is 5.69 Å². The number of nitrogens with zero attached hydrogens (tertiary/aromatic N) is 3. The summed E-state index contributed by atoms with van der Waals surface area (Å²) in [5.74, 6) is 0.969. The fourth-order valence-electron chi connectivity index (χ4n) is 3.12. The van der Waals surface area contributed by atoms with Gasteiger partial charge in [0.15, 0.2) is 0 Å². The van der Waals surface area contributed by atoms with Crippen LogP contribution in [0.25, 0.3) is 0 Å². The molecule has 0 N–H and O–H groups in total. The lowest BCUT2D eigenvalue weighted by Crippen LogP contribution is -2.50. The van der Waals surface area contributed by atoms with Crippen LogP contribution in [0, 0.1) is 10.1 Å². The van der Waals surface area contributed by atoms with Crippen LogP contribution in [-0.2, 0) is 14.8 Å². The second-order valence-electron chi connectivity index (χ2n) is 6.73. The number of sulfonamides is 1. The molecule has 9 nitrogen and oxygen atoms in total. The average molecular weight is 466 g/mol. The molecule has 2 aromatic rings. The molecule has 11 heteroatoms. The van der Waals surface area contributed by atoms with Gasteiger partial charge in [-0.2, -0.15) is 4.31 Å². The summed E-state index contributed by atoms with van der Waals surface area (Å²) in [5.41, 5.74) is -0.277. The van der Waals surface area contributed by atoms with Crippen LogP contribution in [0.2, 0.25) is 0 Å². The van der Waals surface area contributed by atoms with E-state index in [-0.39, 0.29) is 48.4 Å². The second kappa shape index (κ2) is 10.1. The molecule has 0 saturated carbocycles. The monoisotopic (exact) mass is 465 g/mol. The van der Waals surface area contributed by atoms with Gasteiger partial charge in [0.2, 0.25) is 15.9 Å². The Hall–Kier alpha value is -2.63. The molecule has 1 heterocycles. The van der Waals surface area contributed by atoms with E-state index in [0.29, 0.717) is 6.61 Å². The Kier molecular flexibility index (Phi) is 7.52. The zero-order valence-corrected chi connectivity index (χ0v) is 18.6. The van der Waals surface area contributed by atoms with E-state index >= 15 is 0 Å². The topological polar surface area (TPSA) is 110 Å². The predicted octanol–water partition coefficient (Wildman–Crippen LogP) is 2.62. The van der Waals surface area contributed by atoms with Gasteiger partial charge in [-0.15, -0.1) is 11.8 Å². The quantitative estimate of drug-likeness (QED) is 0.335. The standard InChI is InChI=1S/C20H23N3O6S2/c1-2-29-17-6-8-18(9-7-17)30-15-20(24)21-10-12-22(13-11-21)31(27,28)19-5-3-4-16(14-19)23(25)26/h3-9,14H,2,10-13,15H2,1H3. The van der Waals surface area contributed by atoms with Crippen LogP contribution in [0.1, 0.15) is 6.92 Å². The van der Waals surface area contributed by atoms with Crippen LogP contribution in [-0.4, -0.2) is 67.0 Å². The Balaban J connectivity index is 1.54. The first-order valence-electron chi connectivity index (χ1n) is 9.69. The maximum absolute atomic E-state index is 12.8. The molecule has 1 saturated heterocycles. The minimum Gasteiger partial charge on any atom is -0.494 e. The number of thioether (sulfide) groups is 1. The van der Waals surface area contributed by atoms with Crippen molar-refractivity contribution in [3.8, 4) is 5.75 Å². The van der Waals surface area contributed by atoms with E-state index in [1.165, 1.54) is 34.3 Å². The Morgan fingerprint density at radius 2 is 1.81 bits per heavy atom. The van der Waals surface area contributed by atoms with Crippen LogP contribution < -0.4 is 4.74 Å². The van der Waals surface area contributed by atoms with Gasteiger partial charge in [-0.25, -0.2) is 8.42 Å². The van der Waals surface area contributed by atoms with Gasteiger partial charge in [-0.3, -0.25) is 14.9 Å². The van der Waals surface area contributed by atoms with Gasteiger partial charge < -0.3 is 9.64 Å². The maximum Gasteiger partial charge on any atom is 0.270 e. The van der Waals surface area contributed by atoms with E-state index in [9.17, 15) is 23.3 Å². The molecule has 0 atom stereocenters. The number of amides is 1. The van der Waals surface area contributed by atoms with E-state index in [1.807, 2.05) is 31.2 Å². The molecule has 1 amide bonds. The first-order valence-corrected chi connectivity index (χ1v) is 12.1. The van der Waals surface area contributed by atoms with Crippen molar-refractivity contribution in [1.29, 1.82) is 0 Å². The molecule has 0 spiro atoms. The van der Waals surface area contributed by atoms with Crippen molar-refractivity contribution in [1.82, 2.24) is 9.21 Å². The fraction of sp³-hybridized carbons (Fsp3) is 0.350. The third-order valence-electron chi connectivity index (χ3n) is 4.75. The molecule has 1 fully saturated rings. The molecule has 3 rings (SSSR count). The van der Waals surface area contributed by atoms with Crippen molar-refractivity contribution in [3.05, 3.63) is 58.6 Å². The lowest BCUT2D eigenvalue weighted by molar-refractivity contribution is -0.385. The molecule has 2 aromatic carbocycles. The predicted molar refractivity (Wildman–Crippen MR) is 117 cm³/mol. The molecule has 166 valence electrons. The highest BCUT2D eigenvalue weighted by Crippen LogP contribution is 2.24. The summed E-state index contributed by atoms with van der Waals surface area (Å²) < 4.78 is 32.3. The zero-order valence-electron chi connectivity index (χ0n) is 17.0. The normalized spacial score (nSPS) is 14.9. The minimum absolute atomic E-state index is 0.0636. The minimum atomic E-state index is -3.86. The molecule has 1 aliphatic heterocycles. The van der Waals surface area contributed by atoms with E-state index < -0.39 is 14.9 Å². The van der Waals surface area contributed by atoms with Crippen molar-refractivity contribution in [2.45, 2.75) is 16.7 Å². The van der Waals surface area contributed by atoms with Gasteiger partial charge in [0.25, 0.3) is 5.69 Å². The lowest BCUT2D eigenvalue weighted by Gasteiger charge is -2.34. The van der Waals surface area contributed by atoms with E-state index in [2.05, 4.69) is 0 Å². The second-order valence-corrected chi connectivity index (χ2v) is 9.72. The fourth-order valence-corrected chi connectivity index (χ4v) is 5.38. The molecular weight excluding hydrogens is 442 g/mol. The van der Waals surface area contributed by atoms with Crippen LogP contribution in [0.3, 0.4) is 0 Å². The van der Waals surface area contributed by atoms with Crippen molar-refractivity contribution < 1.29 is 22.9 Å². The third-order valence-corrected chi connectivity index (χ3v) is 7.65. The summed E-state index contributed by atoms with van der Waals surface area (Å²) >= 11 is 1.41. The molecule has 0 radical (unpaired) electrons. The highest BCUT2D eigenvalue weighted by atomic mass is 32.2. The largest absolute Gasteiger partial charge is 0.494 e. The SMILES string of the molecule is CCOc1ccc(SCC(=O)N2CCN(S(=O)(=O)c3cccc([N+](=O)[O-])c3)CC2)cc1. The zero-order chi connectivity index (χ0) is 22.4. The van der Waals surface area contributed by atoms with Crippen molar-refractivity contribution in [3.63, 3.8) is 0 Å². The Labute approximate surface area is 185 Å². The van der Waals surface area contributed by atoms with Gasteiger partial charge >= 0.3 is 0 Å². The summed E-state index contributed by atoms with van der Waals surface area (Å²) in [6.07, 6.45) is 0. The Bertz CT molecular complexity index is 1040. The lowest BCUT2D eigenvalue weighted by atomic mass is 10.3. The number of piperazine rings is 1. The van der Waals surface area contributed by atoms with Gasteiger partial charge in [0, 0.05) is 43.2 Å². The van der Waals surface area contributed by atoms with Crippen LogP contribution in [0.5, 0.6) is 5.75 Å². The first-order chi connectivity index (χ1) is 14.8. The van der Waals surface area contributed by atoms with E-state index in [4.69, 9.17) is 4.74 Å². The van der Waals surface area contributed by atoms with Gasteiger partial charge in [-0.1, -0.05) is 6.07 Å². The molecule has 0 aliphatic carbocycles. The molecular formula is C20H23N3O6S2. The number of hydrogen-bond acceptors (Lipinski definition) is 7. The summed E-state index contributed by atoms with van der Waals surface area (Å²) in [4.78, 5) is 25.3. The first kappa shape index (κ1) is 23.0. The molecule has 0 bridgehead atoms. The molecule has 0 aromatic heterocycles. The number of carbonyl (C=O) groups is 1. The van der Waals surface area contributed by atoms with Crippen molar-refractivity contribution in [2.24, 2.45) is 0 Å². The average Bonchev–Trinajstić information content (AvgIpc) is 2.78. The summed E-state index contributed by atoms with van der Waals surface area (Å²) in [7, 11) is -3.86. The number of non-ortho nitro benzene ring substituents is 1. The Morgan fingerprint density at radius 3 is 2.42 bits per heavy atom. The van der Waals surface area contributed by atoms with Crippen LogP contribution >= 0.6 is 11.8 Å². The molecule has 31 heavy (non-hydrogen) atoms. The molecule has 1 aliphatic rings.